The Morgan fingerprint density at radius 2 is 1.42 bits per heavy atom. The molecule has 0 saturated carbocycles. The fourth-order valence-corrected chi connectivity index (χ4v) is 11.4. The summed E-state index contributed by atoms with van der Waals surface area (Å²) in [5.74, 6) is -1.25. The van der Waals surface area contributed by atoms with Gasteiger partial charge in [-0.15, -0.1) is 4.33 Å². The zero-order chi connectivity index (χ0) is 46.9. The number of benzene rings is 4. The average molecular weight is 953 g/mol. The molecule has 3 heterocycles. The summed E-state index contributed by atoms with van der Waals surface area (Å²) < 4.78 is 112. The van der Waals surface area contributed by atoms with E-state index in [1.54, 1.807) is 42.5 Å². The number of likely N-dealkylation sites (N-methyl/N-ethyl adjacent to an activating group) is 1. The van der Waals surface area contributed by atoms with Crippen LogP contribution in [0.3, 0.4) is 0 Å². The highest BCUT2D eigenvalue weighted by Gasteiger charge is 2.46. The predicted molar refractivity (Wildman–Crippen MR) is 239 cm³/mol. The first kappa shape index (κ1) is 46.7. The number of pyridine rings is 1. The lowest BCUT2D eigenvalue weighted by atomic mass is 9.79. The number of hydrogen-bond donors (Lipinski definition) is 5. The molecule has 0 aliphatic carbocycles. The third-order valence-electron chi connectivity index (χ3n) is 11.6. The molecule has 4 aromatic carbocycles. The van der Waals surface area contributed by atoms with E-state index in [0.29, 0.717) is 75.7 Å². The number of carbonyl (C=O) groups is 1. The molecule has 0 unspecified atom stereocenters. The molecule has 0 atom stereocenters. The topological polar surface area (TPSA) is 258 Å². The molecule has 0 radical (unpaired) electrons. The lowest BCUT2D eigenvalue weighted by Gasteiger charge is -2.26. The SMILES string of the molecule is CCN1/C(=C/C=C(/C=C/C2=[N+](CC)c3ccc4c(SOOO)cc(S(=O)(=O)O)cc4c3C2(C)C)c2cccc(C(=O)O)n2)C(C)(C)c2c1ccc1c(S(=O)(=O)O)cc(S(=O)(=O)O)cc21. The summed E-state index contributed by atoms with van der Waals surface area (Å²) in [6.07, 6.45) is 7.18. The van der Waals surface area contributed by atoms with Crippen LogP contribution < -0.4 is 4.90 Å². The molecule has 7 rings (SSSR count). The van der Waals surface area contributed by atoms with Gasteiger partial charge in [-0.25, -0.2) is 15.0 Å². The molecule has 0 amide bonds. The number of anilines is 1. The van der Waals surface area contributed by atoms with Gasteiger partial charge >= 0.3 is 5.97 Å². The molecular formula is C43H42N3O14S4+. The summed E-state index contributed by atoms with van der Waals surface area (Å²) in [6.45, 7) is 12.3. The van der Waals surface area contributed by atoms with Crippen LogP contribution in [0.5, 0.6) is 0 Å². The number of nitrogens with zero attached hydrogens (tertiary/aromatic N) is 3. The van der Waals surface area contributed by atoms with Gasteiger partial charge in [0.25, 0.3) is 30.4 Å². The largest absolute Gasteiger partial charge is 0.477 e. The molecule has 17 nitrogen and oxygen atoms in total. The molecule has 336 valence electrons. The van der Waals surface area contributed by atoms with Crippen molar-refractivity contribution in [3.63, 3.8) is 0 Å². The van der Waals surface area contributed by atoms with E-state index in [1.165, 1.54) is 30.3 Å². The van der Waals surface area contributed by atoms with Crippen LogP contribution in [0.4, 0.5) is 11.4 Å². The Morgan fingerprint density at radius 3 is 2.02 bits per heavy atom. The van der Waals surface area contributed by atoms with Crippen molar-refractivity contribution in [1.29, 1.82) is 0 Å². The second-order valence-electron chi connectivity index (χ2n) is 15.9. The second-order valence-corrected chi connectivity index (χ2v) is 20.9. The van der Waals surface area contributed by atoms with Gasteiger partial charge in [0.05, 0.1) is 32.9 Å². The van der Waals surface area contributed by atoms with Crippen molar-refractivity contribution in [1.82, 2.24) is 4.98 Å². The zero-order valence-electron chi connectivity index (χ0n) is 35.0. The predicted octanol–water partition coefficient (Wildman–Crippen LogP) is 7.99. The van der Waals surface area contributed by atoms with Crippen LogP contribution in [0.2, 0.25) is 0 Å². The Bertz CT molecular complexity index is 3300. The maximum Gasteiger partial charge on any atom is 0.354 e. The molecule has 0 spiro atoms. The molecule has 2 aliphatic heterocycles. The van der Waals surface area contributed by atoms with Crippen LogP contribution in [0.1, 0.15) is 68.9 Å². The molecule has 0 fully saturated rings. The molecule has 21 heteroatoms. The first-order valence-electron chi connectivity index (χ1n) is 19.4. The first-order valence-corrected chi connectivity index (χ1v) is 24.5. The summed E-state index contributed by atoms with van der Waals surface area (Å²) in [7, 11) is -14.6. The average Bonchev–Trinajstić information content (AvgIpc) is 3.59. The minimum atomic E-state index is -4.96. The number of hydrogen-bond acceptors (Lipinski definition) is 13. The number of rotatable bonds is 13. The summed E-state index contributed by atoms with van der Waals surface area (Å²) in [5.41, 5.74) is 2.73. The third kappa shape index (κ3) is 8.16. The highest BCUT2D eigenvalue weighted by atomic mass is 32.2. The minimum Gasteiger partial charge on any atom is -0.477 e. The first-order chi connectivity index (χ1) is 29.9. The Kier molecular flexibility index (Phi) is 12.1. The normalized spacial score (nSPS) is 17.0. The number of carboxylic acids is 1. The van der Waals surface area contributed by atoms with Gasteiger partial charge in [0.15, 0.2) is 5.71 Å². The summed E-state index contributed by atoms with van der Waals surface area (Å²) in [4.78, 5) is 16.9. The quantitative estimate of drug-likeness (QED) is 0.0187. The van der Waals surface area contributed by atoms with Crippen LogP contribution in [0.25, 0.3) is 27.1 Å². The smallest absolute Gasteiger partial charge is 0.354 e. The van der Waals surface area contributed by atoms with E-state index in [2.05, 4.69) is 14.4 Å². The van der Waals surface area contributed by atoms with Crippen LogP contribution in [-0.4, -0.2) is 83.6 Å². The van der Waals surface area contributed by atoms with Crippen molar-refractivity contribution in [2.24, 2.45) is 0 Å². The number of aromatic nitrogens is 1. The van der Waals surface area contributed by atoms with Crippen molar-refractivity contribution in [2.45, 2.75) is 72.0 Å². The molecule has 1 aromatic heterocycles. The molecular weight excluding hydrogens is 911 g/mol. The van der Waals surface area contributed by atoms with Crippen molar-refractivity contribution in [2.75, 3.05) is 18.0 Å². The number of fused-ring (bicyclic) bond motifs is 6. The lowest BCUT2D eigenvalue weighted by Crippen LogP contribution is -2.27. The zero-order valence-corrected chi connectivity index (χ0v) is 38.2. The van der Waals surface area contributed by atoms with E-state index in [1.807, 2.05) is 63.2 Å². The maximum absolute atomic E-state index is 12.6. The van der Waals surface area contributed by atoms with Gasteiger partial charge in [-0.05, 0) is 110 Å². The summed E-state index contributed by atoms with van der Waals surface area (Å²) >= 11 is 0.549. The van der Waals surface area contributed by atoms with Crippen LogP contribution >= 0.6 is 12.0 Å². The van der Waals surface area contributed by atoms with Gasteiger partial charge in [-0.2, -0.15) is 29.8 Å². The van der Waals surface area contributed by atoms with Crippen molar-refractivity contribution in [3.8, 4) is 0 Å². The van der Waals surface area contributed by atoms with E-state index in [9.17, 15) is 48.8 Å². The van der Waals surface area contributed by atoms with E-state index in [-0.39, 0.29) is 21.4 Å². The third-order valence-corrected chi connectivity index (χ3v) is 14.8. The molecule has 0 saturated heterocycles. The van der Waals surface area contributed by atoms with Gasteiger partial charge in [-0.1, -0.05) is 37.1 Å². The lowest BCUT2D eigenvalue weighted by molar-refractivity contribution is -0.433. The number of allylic oxidation sites excluding steroid dienone is 6. The van der Waals surface area contributed by atoms with Gasteiger partial charge in [0.2, 0.25) is 5.69 Å². The Balaban J connectivity index is 1.42. The van der Waals surface area contributed by atoms with Crippen LogP contribution in [0, 0.1) is 0 Å². The number of carboxylic acid groups (broad SMARTS) is 1. The fourth-order valence-electron chi connectivity index (χ4n) is 8.87. The maximum atomic E-state index is 12.6. The summed E-state index contributed by atoms with van der Waals surface area (Å²) in [5, 5.41) is 23.8. The molecule has 5 N–H and O–H groups in total. The van der Waals surface area contributed by atoms with E-state index < -0.39 is 61.8 Å². The molecule has 5 aromatic rings. The second kappa shape index (κ2) is 16.6. The van der Waals surface area contributed by atoms with E-state index in [0.717, 1.165) is 11.4 Å². The van der Waals surface area contributed by atoms with Crippen molar-refractivity contribution < 1.29 is 68.0 Å². The highest BCUT2D eigenvalue weighted by Crippen LogP contribution is 2.52. The Morgan fingerprint density at radius 1 is 0.797 bits per heavy atom. The van der Waals surface area contributed by atoms with Crippen molar-refractivity contribution in [3.05, 3.63) is 119 Å². The fraction of sp³-hybridized carbons (Fsp3) is 0.233. The van der Waals surface area contributed by atoms with Crippen LogP contribution in [0.15, 0.2) is 116 Å². The van der Waals surface area contributed by atoms with Gasteiger partial charge in [0.1, 0.15) is 17.1 Å². The highest BCUT2D eigenvalue weighted by molar-refractivity contribution is 7.94. The van der Waals surface area contributed by atoms with Gasteiger partial charge < -0.3 is 10.0 Å². The standard InChI is InChI=1S/C43H41N3O14S4/c1-7-45-33-16-14-27-29(20-25(62(50,51)52)22-35(27)61-60-59-49)39(33)42(3,4)37(45)18-12-24(31-10-9-11-32(44-31)41(47)48)13-19-38-43(5,6)40-30-21-26(63(53,54)55)23-36(64(56,57)58)28(30)15-17-34(40)46(38)8-2/h9-23H,7-8H2,1-6H3,(H4-,47,48,49,50,51,52,53,54,55,56,57,58)/p+1. The van der Waals surface area contributed by atoms with E-state index in [4.69, 9.17) is 5.26 Å². The molecule has 0 bridgehead atoms. The minimum absolute atomic E-state index is 0.0371. The van der Waals surface area contributed by atoms with Crippen molar-refractivity contribution >= 4 is 92.6 Å². The van der Waals surface area contributed by atoms with Gasteiger partial charge in [0, 0.05) is 56.9 Å². The van der Waals surface area contributed by atoms with Gasteiger partial charge in [-0.3, -0.25) is 13.7 Å². The molecule has 64 heavy (non-hydrogen) atoms. The Labute approximate surface area is 373 Å². The Hall–Kier alpha value is -5.33. The van der Waals surface area contributed by atoms with E-state index >= 15 is 0 Å². The summed E-state index contributed by atoms with van der Waals surface area (Å²) in [6, 6.07) is 15.7. The monoisotopic (exact) mass is 952 g/mol. The number of aromatic carboxylic acids is 1. The molecule has 2 aliphatic rings. The van der Waals surface area contributed by atoms with Crippen LogP contribution in [-0.2, 0) is 50.6 Å².